The van der Waals surface area contributed by atoms with Crippen LogP contribution in [0.3, 0.4) is 0 Å². The summed E-state index contributed by atoms with van der Waals surface area (Å²) in [5.74, 6) is -0.301. The minimum atomic E-state index is -0.714. The van der Waals surface area contributed by atoms with Gasteiger partial charge in [-0.25, -0.2) is 4.39 Å². The van der Waals surface area contributed by atoms with Crippen molar-refractivity contribution in [2.75, 3.05) is 26.2 Å². The third-order valence-electron chi connectivity index (χ3n) is 3.78. The van der Waals surface area contributed by atoms with Gasteiger partial charge in [-0.05, 0) is 36.6 Å². The van der Waals surface area contributed by atoms with Crippen LogP contribution in [0, 0.1) is 17.7 Å². The molecule has 1 atom stereocenters. The highest BCUT2D eigenvalue weighted by atomic mass is 19.1. The van der Waals surface area contributed by atoms with E-state index in [1.165, 1.54) is 12.1 Å². The van der Waals surface area contributed by atoms with Crippen molar-refractivity contribution in [1.29, 1.82) is 0 Å². The molecule has 0 spiro atoms. The zero-order valence-electron chi connectivity index (χ0n) is 11.6. The molecule has 0 bridgehead atoms. The highest BCUT2D eigenvalue weighted by Gasteiger charge is 2.33. The van der Waals surface area contributed by atoms with Gasteiger partial charge >= 0.3 is 5.97 Å². The first-order valence-electron chi connectivity index (χ1n) is 6.90. The second-order valence-corrected chi connectivity index (χ2v) is 5.30. The molecule has 0 radical (unpaired) electrons. The molecule has 20 heavy (non-hydrogen) atoms. The van der Waals surface area contributed by atoms with E-state index in [0.717, 1.165) is 26.1 Å². The monoisotopic (exact) mass is 281 g/mol. The van der Waals surface area contributed by atoms with E-state index >= 15 is 0 Å². The predicted molar refractivity (Wildman–Crippen MR) is 73.2 cm³/mol. The Morgan fingerprint density at radius 1 is 1.45 bits per heavy atom. The summed E-state index contributed by atoms with van der Waals surface area (Å²) >= 11 is 0. The lowest BCUT2D eigenvalue weighted by atomic mass is 9.87. The van der Waals surface area contributed by atoms with Gasteiger partial charge in [0.2, 0.25) is 0 Å². The minimum Gasteiger partial charge on any atom is -0.494 e. The second kappa shape index (κ2) is 6.70. The molecule has 1 aliphatic heterocycles. The molecule has 4 nitrogen and oxygen atoms in total. The van der Waals surface area contributed by atoms with E-state index in [1.54, 1.807) is 19.1 Å². The summed E-state index contributed by atoms with van der Waals surface area (Å²) in [5.41, 5.74) is 0. The normalized spacial score (nSPS) is 17.5. The topological polar surface area (TPSA) is 49.8 Å². The molecule has 0 amide bonds. The van der Waals surface area contributed by atoms with E-state index in [2.05, 4.69) is 4.90 Å². The van der Waals surface area contributed by atoms with Crippen molar-refractivity contribution in [3.63, 3.8) is 0 Å². The van der Waals surface area contributed by atoms with Crippen LogP contribution >= 0.6 is 0 Å². The van der Waals surface area contributed by atoms with Crippen LogP contribution in [-0.4, -0.2) is 42.2 Å². The fourth-order valence-electron chi connectivity index (χ4n) is 2.32. The Hall–Kier alpha value is -1.62. The molecule has 1 aromatic carbocycles. The highest BCUT2D eigenvalue weighted by Crippen LogP contribution is 2.24. The number of likely N-dealkylation sites (tertiary alicyclic amines) is 1. The van der Waals surface area contributed by atoms with Crippen LogP contribution in [0.2, 0.25) is 0 Å². The maximum absolute atomic E-state index is 12.7. The van der Waals surface area contributed by atoms with Gasteiger partial charge < -0.3 is 14.7 Å². The van der Waals surface area contributed by atoms with Gasteiger partial charge in [-0.15, -0.1) is 0 Å². The molecule has 0 aliphatic carbocycles. The van der Waals surface area contributed by atoms with Crippen LogP contribution in [0.25, 0.3) is 0 Å². The fraction of sp³-hybridized carbons (Fsp3) is 0.533. The predicted octanol–water partition coefficient (Wildman–Crippen LogP) is 2.25. The molecule has 1 unspecified atom stereocenters. The third kappa shape index (κ3) is 3.93. The summed E-state index contributed by atoms with van der Waals surface area (Å²) in [5, 5.41) is 8.90. The van der Waals surface area contributed by atoms with Crippen molar-refractivity contribution in [3.8, 4) is 5.75 Å². The number of nitrogens with zero attached hydrogens (tertiary/aromatic N) is 1. The van der Waals surface area contributed by atoms with E-state index in [-0.39, 0.29) is 17.7 Å². The van der Waals surface area contributed by atoms with Gasteiger partial charge in [-0.3, -0.25) is 4.79 Å². The first-order valence-corrected chi connectivity index (χ1v) is 6.90. The second-order valence-electron chi connectivity index (χ2n) is 5.30. The zero-order chi connectivity index (χ0) is 14.5. The molecule has 1 aliphatic rings. The van der Waals surface area contributed by atoms with Crippen LogP contribution in [0.4, 0.5) is 4.39 Å². The summed E-state index contributed by atoms with van der Waals surface area (Å²) in [6, 6.07) is 5.98. The summed E-state index contributed by atoms with van der Waals surface area (Å²) in [6.07, 6.45) is 0.881. The SMILES string of the molecule is CC(C(=O)O)C1CN(CCCOc2ccc(F)cc2)C1. The van der Waals surface area contributed by atoms with Gasteiger partial charge in [0.05, 0.1) is 12.5 Å². The maximum atomic E-state index is 12.7. The van der Waals surface area contributed by atoms with Gasteiger partial charge in [-0.2, -0.15) is 0 Å². The standard InChI is InChI=1S/C15H20FNO3/c1-11(15(18)19)12-9-17(10-12)7-2-8-20-14-5-3-13(16)4-6-14/h3-6,11-12H,2,7-10H2,1H3,(H,18,19). The fourth-order valence-corrected chi connectivity index (χ4v) is 2.32. The quantitative estimate of drug-likeness (QED) is 0.779. The average molecular weight is 281 g/mol. The molecule has 1 N–H and O–H groups in total. The van der Waals surface area contributed by atoms with Crippen molar-refractivity contribution in [2.45, 2.75) is 13.3 Å². The molecule has 5 heteroatoms. The molecule has 0 saturated carbocycles. The van der Waals surface area contributed by atoms with Gasteiger partial charge in [0.25, 0.3) is 0 Å². The number of rotatable bonds is 7. The lowest BCUT2D eigenvalue weighted by molar-refractivity contribution is -0.145. The van der Waals surface area contributed by atoms with Crippen molar-refractivity contribution >= 4 is 5.97 Å². The van der Waals surface area contributed by atoms with E-state index < -0.39 is 5.97 Å². The number of carbonyl (C=O) groups is 1. The minimum absolute atomic E-state index is 0.262. The average Bonchev–Trinajstić information content (AvgIpc) is 2.37. The van der Waals surface area contributed by atoms with Gasteiger partial charge in [0, 0.05) is 19.6 Å². The largest absolute Gasteiger partial charge is 0.494 e. The van der Waals surface area contributed by atoms with Crippen LogP contribution < -0.4 is 4.74 Å². The Morgan fingerprint density at radius 2 is 2.10 bits per heavy atom. The molecule has 0 aromatic heterocycles. The summed E-state index contributed by atoms with van der Waals surface area (Å²) in [6.45, 7) is 4.96. The van der Waals surface area contributed by atoms with Gasteiger partial charge in [-0.1, -0.05) is 6.92 Å². The number of aliphatic carboxylic acids is 1. The van der Waals surface area contributed by atoms with E-state index in [4.69, 9.17) is 9.84 Å². The summed E-state index contributed by atoms with van der Waals surface area (Å²) in [4.78, 5) is 13.1. The van der Waals surface area contributed by atoms with E-state index in [0.29, 0.717) is 12.4 Å². The summed E-state index contributed by atoms with van der Waals surface area (Å²) < 4.78 is 18.2. The Bertz CT molecular complexity index is 443. The van der Waals surface area contributed by atoms with Crippen LogP contribution in [-0.2, 0) is 4.79 Å². The Labute approximate surface area is 118 Å². The van der Waals surface area contributed by atoms with Crippen LogP contribution in [0.5, 0.6) is 5.75 Å². The number of benzene rings is 1. The van der Waals surface area contributed by atoms with Gasteiger partial charge in [0.15, 0.2) is 0 Å². The van der Waals surface area contributed by atoms with Crippen molar-refractivity contribution in [3.05, 3.63) is 30.1 Å². The van der Waals surface area contributed by atoms with Crippen LogP contribution in [0.1, 0.15) is 13.3 Å². The Morgan fingerprint density at radius 3 is 2.70 bits per heavy atom. The number of carboxylic acid groups (broad SMARTS) is 1. The zero-order valence-corrected chi connectivity index (χ0v) is 11.6. The molecule has 1 saturated heterocycles. The first kappa shape index (κ1) is 14.8. The van der Waals surface area contributed by atoms with Crippen LogP contribution in [0.15, 0.2) is 24.3 Å². The van der Waals surface area contributed by atoms with Gasteiger partial charge in [0.1, 0.15) is 11.6 Å². The number of ether oxygens (including phenoxy) is 1. The molecular weight excluding hydrogens is 261 g/mol. The molecular formula is C15H20FNO3. The van der Waals surface area contributed by atoms with Crippen molar-refractivity contribution < 1.29 is 19.0 Å². The molecule has 1 heterocycles. The van der Waals surface area contributed by atoms with E-state index in [1.807, 2.05) is 0 Å². The Balaban J connectivity index is 1.57. The third-order valence-corrected chi connectivity index (χ3v) is 3.78. The highest BCUT2D eigenvalue weighted by molar-refractivity contribution is 5.70. The lowest BCUT2D eigenvalue weighted by Gasteiger charge is -2.41. The van der Waals surface area contributed by atoms with Crippen molar-refractivity contribution in [1.82, 2.24) is 4.90 Å². The number of carboxylic acids is 1. The molecule has 110 valence electrons. The Kier molecular flexibility index (Phi) is 4.95. The molecule has 1 aromatic rings. The molecule has 1 fully saturated rings. The number of halogens is 1. The van der Waals surface area contributed by atoms with E-state index in [9.17, 15) is 9.18 Å². The number of hydrogen-bond acceptors (Lipinski definition) is 3. The summed E-state index contributed by atoms with van der Waals surface area (Å²) in [7, 11) is 0. The smallest absolute Gasteiger partial charge is 0.306 e. The lowest BCUT2D eigenvalue weighted by Crippen LogP contribution is -2.51. The molecule has 2 rings (SSSR count). The number of hydrogen-bond donors (Lipinski definition) is 1. The first-order chi connectivity index (χ1) is 9.56. The maximum Gasteiger partial charge on any atom is 0.306 e. The van der Waals surface area contributed by atoms with Crippen molar-refractivity contribution in [2.24, 2.45) is 11.8 Å².